The highest BCUT2D eigenvalue weighted by molar-refractivity contribution is 5.84. The maximum Gasteiger partial charge on any atom is 0.416 e. The number of aryl methyl sites for hydroxylation is 1. The molecule has 0 bridgehead atoms. The lowest BCUT2D eigenvalue weighted by atomic mass is 9.97. The first-order valence-electron chi connectivity index (χ1n) is 8.87. The lowest BCUT2D eigenvalue weighted by molar-refractivity contribution is -0.137. The monoisotopic (exact) mass is 395 g/mol. The fourth-order valence-electron chi connectivity index (χ4n) is 3.17. The van der Waals surface area contributed by atoms with E-state index >= 15 is 0 Å². The predicted molar refractivity (Wildman–Crippen MR) is 104 cm³/mol. The quantitative estimate of drug-likeness (QED) is 0.419. The average Bonchev–Trinajstić information content (AvgIpc) is 3.09. The Bertz CT molecular complexity index is 1150. The first-order chi connectivity index (χ1) is 13.8. The smallest absolute Gasteiger partial charge is 0.416 e. The summed E-state index contributed by atoms with van der Waals surface area (Å²) in [6.07, 6.45) is -4.40. The zero-order chi connectivity index (χ0) is 20.6. The molecule has 0 fully saturated rings. The number of hydrogen-bond donors (Lipinski definition) is 1. The van der Waals surface area contributed by atoms with E-state index in [2.05, 4.69) is 4.98 Å². The van der Waals surface area contributed by atoms with Crippen molar-refractivity contribution in [3.63, 3.8) is 0 Å². The van der Waals surface area contributed by atoms with Gasteiger partial charge in [0.1, 0.15) is 17.2 Å². The van der Waals surface area contributed by atoms with Crippen LogP contribution in [0.2, 0.25) is 0 Å². The second kappa shape index (κ2) is 7.13. The molecule has 3 nitrogen and oxygen atoms in total. The first kappa shape index (κ1) is 18.8. The SMILES string of the molecule is Cc1oc(-c2ccc(C(F)(F)F)cc2)nc1-c1cc(O)ccc1-c1ccccc1. The molecule has 6 heteroatoms. The Morgan fingerprint density at radius 1 is 0.828 bits per heavy atom. The third kappa shape index (κ3) is 3.74. The lowest BCUT2D eigenvalue weighted by Crippen LogP contribution is -2.03. The topological polar surface area (TPSA) is 46.3 Å². The van der Waals surface area contributed by atoms with E-state index in [0.29, 0.717) is 22.6 Å². The van der Waals surface area contributed by atoms with Crippen molar-refractivity contribution in [2.24, 2.45) is 0 Å². The molecule has 0 unspecified atom stereocenters. The zero-order valence-corrected chi connectivity index (χ0v) is 15.4. The molecule has 0 aliphatic rings. The Kier molecular flexibility index (Phi) is 4.62. The van der Waals surface area contributed by atoms with E-state index in [0.717, 1.165) is 23.3 Å². The Labute approximate surface area is 165 Å². The number of alkyl halides is 3. The lowest BCUT2D eigenvalue weighted by Gasteiger charge is -2.09. The molecule has 0 radical (unpaired) electrons. The standard InChI is InChI=1S/C23H16F3NO2/c1-14-21(20-13-18(28)11-12-19(20)15-5-3-2-4-6-15)27-22(29-14)16-7-9-17(10-8-16)23(24,25)26/h2-13,28H,1H3. The van der Waals surface area contributed by atoms with E-state index in [1.807, 2.05) is 30.3 Å². The van der Waals surface area contributed by atoms with Crippen molar-refractivity contribution in [1.29, 1.82) is 0 Å². The van der Waals surface area contributed by atoms with Crippen molar-refractivity contribution in [2.45, 2.75) is 13.1 Å². The van der Waals surface area contributed by atoms with E-state index in [4.69, 9.17) is 4.42 Å². The number of phenolic OH excluding ortho intramolecular Hbond substituents is 1. The van der Waals surface area contributed by atoms with Crippen LogP contribution in [0.25, 0.3) is 33.8 Å². The molecule has 0 saturated heterocycles. The number of benzene rings is 3. The number of phenols is 1. The van der Waals surface area contributed by atoms with Crippen molar-refractivity contribution in [2.75, 3.05) is 0 Å². The van der Waals surface area contributed by atoms with Gasteiger partial charge in [-0.05, 0) is 54.4 Å². The fourth-order valence-corrected chi connectivity index (χ4v) is 3.17. The van der Waals surface area contributed by atoms with Crippen LogP contribution in [-0.4, -0.2) is 10.1 Å². The van der Waals surface area contributed by atoms with Gasteiger partial charge in [-0.3, -0.25) is 0 Å². The molecule has 3 aromatic carbocycles. The number of hydrogen-bond acceptors (Lipinski definition) is 3. The van der Waals surface area contributed by atoms with Crippen LogP contribution in [0.15, 0.2) is 77.2 Å². The van der Waals surface area contributed by atoms with Crippen LogP contribution in [0.1, 0.15) is 11.3 Å². The Balaban J connectivity index is 1.79. The molecule has 0 atom stereocenters. The molecule has 1 heterocycles. The summed E-state index contributed by atoms with van der Waals surface area (Å²) in [7, 11) is 0. The van der Waals surface area contributed by atoms with Crippen LogP contribution in [0.4, 0.5) is 13.2 Å². The summed E-state index contributed by atoms with van der Waals surface area (Å²) < 4.78 is 44.1. The highest BCUT2D eigenvalue weighted by atomic mass is 19.4. The van der Waals surface area contributed by atoms with Crippen LogP contribution >= 0.6 is 0 Å². The summed E-state index contributed by atoms with van der Waals surface area (Å²) in [4.78, 5) is 4.51. The predicted octanol–water partition coefficient (Wildman–Crippen LogP) is 6.71. The van der Waals surface area contributed by atoms with Crippen LogP contribution in [-0.2, 0) is 6.18 Å². The van der Waals surface area contributed by atoms with Gasteiger partial charge in [0.2, 0.25) is 5.89 Å². The van der Waals surface area contributed by atoms with E-state index in [9.17, 15) is 18.3 Å². The van der Waals surface area contributed by atoms with Gasteiger partial charge in [-0.1, -0.05) is 36.4 Å². The van der Waals surface area contributed by atoms with E-state index in [1.54, 1.807) is 25.1 Å². The minimum absolute atomic E-state index is 0.0816. The highest BCUT2D eigenvalue weighted by Crippen LogP contribution is 2.38. The van der Waals surface area contributed by atoms with E-state index in [-0.39, 0.29) is 11.6 Å². The average molecular weight is 395 g/mol. The second-order valence-electron chi connectivity index (χ2n) is 6.59. The molecule has 0 saturated carbocycles. The molecule has 0 aliphatic heterocycles. The van der Waals surface area contributed by atoms with E-state index in [1.165, 1.54) is 12.1 Å². The Morgan fingerprint density at radius 3 is 2.17 bits per heavy atom. The molecule has 0 spiro atoms. The van der Waals surface area contributed by atoms with Gasteiger partial charge in [0.05, 0.1) is 5.56 Å². The van der Waals surface area contributed by atoms with Crippen LogP contribution in [0.5, 0.6) is 5.75 Å². The van der Waals surface area contributed by atoms with Gasteiger partial charge in [-0.2, -0.15) is 13.2 Å². The highest BCUT2D eigenvalue weighted by Gasteiger charge is 2.30. The van der Waals surface area contributed by atoms with Crippen LogP contribution in [0.3, 0.4) is 0 Å². The van der Waals surface area contributed by atoms with Gasteiger partial charge in [0.15, 0.2) is 0 Å². The zero-order valence-electron chi connectivity index (χ0n) is 15.4. The minimum Gasteiger partial charge on any atom is -0.508 e. The molecular weight excluding hydrogens is 379 g/mol. The molecule has 4 aromatic rings. The van der Waals surface area contributed by atoms with Crippen LogP contribution < -0.4 is 0 Å². The summed E-state index contributed by atoms with van der Waals surface area (Å²) in [5.74, 6) is 0.800. The first-order valence-corrected chi connectivity index (χ1v) is 8.87. The summed E-state index contributed by atoms with van der Waals surface area (Å²) in [6.45, 7) is 1.73. The second-order valence-corrected chi connectivity index (χ2v) is 6.59. The molecular formula is C23H16F3NO2. The van der Waals surface area contributed by atoms with Gasteiger partial charge in [0, 0.05) is 11.1 Å². The number of halogens is 3. The van der Waals surface area contributed by atoms with E-state index < -0.39 is 11.7 Å². The number of nitrogens with zero attached hydrogens (tertiary/aromatic N) is 1. The molecule has 1 aromatic heterocycles. The number of aromatic nitrogens is 1. The van der Waals surface area contributed by atoms with Gasteiger partial charge in [-0.25, -0.2) is 4.98 Å². The maximum absolute atomic E-state index is 12.8. The van der Waals surface area contributed by atoms with Gasteiger partial charge in [0.25, 0.3) is 0 Å². The van der Waals surface area contributed by atoms with Gasteiger partial charge >= 0.3 is 6.18 Å². The molecule has 4 rings (SSSR count). The molecule has 29 heavy (non-hydrogen) atoms. The third-order valence-electron chi connectivity index (χ3n) is 4.60. The molecule has 0 amide bonds. The van der Waals surface area contributed by atoms with Crippen molar-refractivity contribution >= 4 is 0 Å². The summed E-state index contributed by atoms with van der Waals surface area (Å²) in [5.41, 5.74) is 2.71. The molecule has 0 aliphatic carbocycles. The van der Waals surface area contributed by atoms with Crippen molar-refractivity contribution in [3.05, 3.63) is 84.1 Å². The normalized spacial score (nSPS) is 11.6. The van der Waals surface area contributed by atoms with Crippen molar-refractivity contribution in [1.82, 2.24) is 4.98 Å². The van der Waals surface area contributed by atoms with Crippen LogP contribution in [0, 0.1) is 6.92 Å². The van der Waals surface area contributed by atoms with Crippen molar-refractivity contribution < 1.29 is 22.7 Å². The summed E-state index contributed by atoms with van der Waals surface area (Å²) in [5, 5.41) is 10.0. The molecule has 146 valence electrons. The number of oxazole rings is 1. The van der Waals surface area contributed by atoms with Gasteiger partial charge in [-0.15, -0.1) is 0 Å². The van der Waals surface area contributed by atoms with Gasteiger partial charge < -0.3 is 9.52 Å². The largest absolute Gasteiger partial charge is 0.508 e. The fraction of sp³-hybridized carbons (Fsp3) is 0.0870. The van der Waals surface area contributed by atoms with Crippen molar-refractivity contribution in [3.8, 4) is 39.6 Å². The summed E-state index contributed by atoms with van der Waals surface area (Å²) >= 11 is 0. The molecule has 1 N–H and O–H groups in total. The maximum atomic E-state index is 12.8. The third-order valence-corrected chi connectivity index (χ3v) is 4.60. The number of aromatic hydroxyl groups is 1. The number of rotatable bonds is 3. The minimum atomic E-state index is -4.40. The Hall–Kier alpha value is -3.54. The summed E-state index contributed by atoms with van der Waals surface area (Å²) in [6, 6.07) is 19.3. The Morgan fingerprint density at radius 2 is 1.52 bits per heavy atom.